The van der Waals surface area contributed by atoms with Gasteiger partial charge in [0.1, 0.15) is 11.6 Å². The maximum atomic E-state index is 12.7. The van der Waals surface area contributed by atoms with Crippen molar-refractivity contribution in [2.24, 2.45) is 0 Å². The Morgan fingerprint density at radius 3 is 1.55 bits per heavy atom. The van der Waals surface area contributed by atoms with Crippen molar-refractivity contribution in [3.8, 4) is 0 Å². The Hall–Kier alpha value is -2.38. The molecule has 22 heavy (non-hydrogen) atoms. The van der Waals surface area contributed by atoms with Crippen LogP contribution in [0.4, 0.5) is 8.78 Å². The van der Waals surface area contributed by atoms with Crippen LogP contribution in [0.25, 0.3) is 0 Å². The second kappa shape index (κ2) is 7.58. The van der Waals surface area contributed by atoms with Crippen LogP contribution >= 0.6 is 0 Å². The SMILES string of the molecule is O=c1[nH]c(CCCCCCc2ncc(F)c(=O)[nH]2)ncc1F. The van der Waals surface area contributed by atoms with E-state index < -0.39 is 22.8 Å². The standard InChI is InChI=1S/C14H16F2N4O2/c15-9-7-17-11(19-13(9)21)5-3-1-2-4-6-12-18-8-10(16)14(22)20-12/h7-8H,1-6H2,(H,17,19,21)(H,18,20,22). The van der Waals surface area contributed by atoms with Crippen LogP contribution < -0.4 is 11.1 Å². The lowest BCUT2D eigenvalue weighted by atomic mass is 10.1. The number of aryl methyl sites for hydroxylation is 2. The van der Waals surface area contributed by atoms with Crippen LogP contribution in [-0.4, -0.2) is 19.9 Å². The number of aromatic amines is 2. The number of hydrogen-bond acceptors (Lipinski definition) is 4. The van der Waals surface area contributed by atoms with Crippen molar-refractivity contribution in [1.82, 2.24) is 19.9 Å². The van der Waals surface area contributed by atoms with Crippen molar-refractivity contribution < 1.29 is 8.78 Å². The molecule has 0 bridgehead atoms. The summed E-state index contributed by atoms with van der Waals surface area (Å²) in [6.07, 6.45) is 6.39. The third-order valence-corrected chi connectivity index (χ3v) is 3.19. The fourth-order valence-corrected chi connectivity index (χ4v) is 2.03. The third-order valence-electron chi connectivity index (χ3n) is 3.19. The first-order chi connectivity index (χ1) is 10.6. The molecule has 8 heteroatoms. The fraction of sp³-hybridized carbons (Fsp3) is 0.429. The Labute approximate surface area is 124 Å². The highest BCUT2D eigenvalue weighted by Gasteiger charge is 2.03. The minimum Gasteiger partial charge on any atom is -0.308 e. The van der Waals surface area contributed by atoms with E-state index in [1.54, 1.807) is 0 Å². The highest BCUT2D eigenvalue weighted by atomic mass is 19.1. The molecular weight excluding hydrogens is 294 g/mol. The molecule has 2 heterocycles. The van der Waals surface area contributed by atoms with Crippen molar-refractivity contribution in [3.63, 3.8) is 0 Å². The van der Waals surface area contributed by atoms with Crippen LogP contribution in [-0.2, 0) is 12.8 Å². The van der Waals surface area contributed by atoms with Gasteiger partial charge >= 0.3 is 0 Å². The monoisotopic (exact) mass is 310 g/mol. The van der Waals surface area contributed by atoms with E-state index in [9.17, 15) is 18.4 Å². The smallest absolute Gasteiger partial charge is 0.286 e. The predicted molar refractivity (Wildman–Crippen MR) is 75.5 cm³/mol. The number of H-pyrrole nitrogens is 2. The Balaban J connectivity index is 1.67. The Kier molecular flexibility index (Phi) is 5.51. The molecule has 0 aliphatic carbocycles. The van der Waals surface area contributed by atoms with E-state index >= 15 is 0 Å². The van der Waals surface area contributed by atoms with Gasteiger partial charge in [-0.05, 0) is 12.8 Å². The molecule has 2 N–H and O–H groups in total. The second-order valence-corrected chi connectivity index (χ2v) is 4.93. The zero-order valence-corrected chi connectivity index (χ0v) is 11.9. The summed E-state index contributed by atoms with van der Waals surface area (Å²) < 4.78 is 25.5. The summed E-state index contributed by atoms with van der Waals surface area (Å²) in [6, 6.07) is 0. The van der Waals surface area contributed by atoms with Crippen molar-refractivity contribution >= 4 is 0 Å². The van der Waals surface area contributed by atoms with Crippen LogP contribution in [0.5, 0.6) is 0 Å². The third kappa shape index (κ3) is 4.57. The van der Waals surface area contributed by atoms with Gasteiger partial charge < -0.3 is 9.97 Å². The largest absolute Gasteiger partial charge is 0.308 e. The van der Waals surface area contributed by atoms with E-state index in [-0.39, 0.29) is 0 Å². The lowest BCUT2D eigenvalue weighted by Crippen LogP contribution is -2.14. The second-order valence-electron chi connectivity index (χ2n) is 4.93. The average molecular weight is 310 g/mol. The van der Waals surface area contributed by atoms with Gasteiger partial charge in [0.2, 0.25) is 11.6 Å². The number of aromatic nitrogens is 4. The maximum absolute atomic E-state index is 12.7. The highest BCUT2D eigenvalue weighted by molar-refractivity contribution is 4.93. The summed E-state index contributed by atoms with van der Waals surface area (Å²) in [7, 11) is 0. The molecular formula is C14H16F2N4O2. The average Bonchev–Trinajstić information content (AvgIpc) is 2.50. The fourth-order valence-electron chi connectivity index (χ4n) is 2.03. The van der Waals surface area contributed by atoms with Crippen molar-refractivity contribution in [2.75, 3.05) is 0 Å². The predicted octanol–water partition coefficient (Wildman–Crippen LogP) is 1.48. The summed E-state index contributed by atoms with van der Waals surface area (Å²) in [5, 5.41) is 0. The zero-order valence-electron chi connectivity index (χ0n) is 11.9. The molecule has 6 nitrogen and oxygen atoms in total. The van der Waals surface area contributed by atoms with Crippen LogP contribution in [0.3, 0.4) is 0 Å². The first kappa shape index (κ1) is 16.0. The lowest BCUT2D eigenvalue weighted by molar-refractivity contribution is 0.578. The Bertz CT molecular complexity index is 679. The van der Waals surface area contributed by atoms with Crippen LogP contribution in [0, 0.1) is 11.6 Å². The molecule has 0 aliphatic rings. The molecule has 0 saturated carbocycles. The quantitative estimate of drug-likeness (QED) is 0.758. The number of rotatable bonds is 7. The van der Waals surface area contributed by atoms with Crippen molar-refractivity contribution in [2.45, 2.75) is 38.5 Å². The minimum atomic E-state index is -0.885. The minimum absolute atomic E-state index is 0.468. The van der Waals surface area contributed by atoms with Gasteiger partial charge in [-0.3, -0.25) is 9.59 Å². The van der Waals surface area contributed by atoms with E-state index in [4.69, 9.17) is 0 Å². The normalized spacial score (nSPS) is 10.8. The van der Waals surface area contributed by atoms with Gasteiger partial charge in [0.15, 0.2) is 0 Å². The maximum Gasteiger partial charge on any atom is 0.286 e. The van der Waals surface area contributed by atoms with Gasteiger partial charge in [-0.25, -0.2) is 9.97 Å². The summed E-state index contributed by atoms with van der Waals surface area (Å²) in [5.74, 6) is -0.832. The number of halogens is 2. The van der Waals surface area contributed by atoms with Crippen LogP contribution in [0.1, 0.15) is 37.3 Å². The first-order valence-electron chi connectivity index (χ1n) is 7.03. The van der Waals surface area contributed by atoms with Gasteiger partial charge in [0, 0.05) is 12.8 Å². The van der Waals surface area contributed by atoms with E-state index in [1.165, 1.54) is 0 Å². The molecule has 0 atom stereocenters. The molecule has 0 unspecified atom stereocenters. The van der Waals surface area contributed by atoms with E-state index in [1.807, 2.05) is 0 Å². The van der Waals surface area contributed by atoms with Gasteiger partial charge in [0.25, 0.3) is 11.1 Å². The molecule has 2 aromatic rings. The molecule has 2 aromatic heterocycles. The Morgan fingerprint density at radius 1 is 0.773 bits per heavy atom. The van der Waals surface area contributed by atoms with E-state index in [0.29, 0.717) is 24.5 Å². The molecule has 0 aliphatic heterocycles. The van der Waals surface area contributed by atoms with Crippen LogP contribution in [0.15, 0.2) is 22.0 Å². The first-order valence-corrected chi connectivity index (χ1v) is 7.03. The van der Waals surface area contributed by atoms with E-state index in [2.05, 4.69) is 19.9 Å². The molecule has 0 fully saturated rings. The number of nitrogens with one attached hydrogen (secondary N) is 2. The number of unbranched alkanes of at least 4 members (excludes halogenated alkanes) is 3. The topological polar surface area (TPSA) is 91.5 Å². The van der Waals surface area contributed by atoms with Gasteiger partial charge in [-0.2, -0.15) is 8.78 Å². The summed E-state index contributed by atoms with van der Waals surface area (Å²) in [6.45, 7) is 0. The molecule has 0 saturated heterocycles. The molecule has 0 aromatic carbocycles. The van der Waals surface area contributed by atoms with Gasteiger partial charge in [0.05, 0.1) is 12.4 Å². The van der Waals surface area contributed by atoms with Crippen LogP contribution in [0.2, 0.25) is 0 Å². The van der Waals surface area contributed by atoms with E-state index in [0.717, 1.165) is 38.1 Å². The molecule has 2 rings (SSSR count). The molecule has 0 amide bonds. The summed E-state index contributed by atoms with van der Waals surface area (Å²) in [4.78, 5) is 34.5. The Morgan fingerprint density at radius 2 is 1.18 bits per heavy atom. The van der Waals surface area contributed by atoms with Crippen molar-refractivity contribution in [1.29, 1.82) is 0 Å². The highest BCUT2D eigenvalue weighted by Crippen LogP contribution is 2.06. The lowest BCUT2D eigenvalue weighted by Gasteiger charge is -2.02. The van der Waals surface area contributed by atoms with Gasteiger partial charge in [-0.15, -0.1) is 0 Å². The van der Waals surface area contributed by atoms with Crippen molar-refractivity contribution in [3.05, 3.63) is 56.4 Å². The molecule has 0 spiro atoms. The zero-order chi connectivity index (χ0) is 15.9. The molecule has 118 valence electrons. The summed E-state index contributed by atoms with van der Waals surface area (Å²) in [5.41, 5.74) is -1.51. The summed E-state index contributed by atoms with van der Waals surface area (Å²) >= 11 is 0. The number of hydrogen-bond donors (Lipinski definition) is 2. The van der Waals surface area contributed by atoms with Gasteiger partial charge in [-0.1, -0.05) is 12.8 Å². The number of nitrogens with zero attached hydrogens (tertiary/aromatic N) is 2. The molecule has 0 radical (unpaired) electrons.